The molecule has 2 aromatic heterocycles. The molecule has 0 N–H and O–H groups in total. The van der Waals surface area contributed by atoms with Crippen LogP contribution in [0.2, 0.25) is 0 Å². The minimum absolute atomic E-state index is 0.105. The van der Waals surface area contributed by atoms with Crippen molar-refractivity contribution in [3.05, 3.63) is 45.0 Å². The zero-order valence-corrected chi connectivity index (χ0v) is 12.6. The molecule has 5 heteroatoms. The molecule has 0 spiro atoms. The maximum Gasteiger partial charge on any atom is 0.339 e. The number of fused-ring (bicyclic) bond motifs is 2. The predicted octanol–water partition coefficient (Wildman–Crippen LogP) is 2.15. The number of carbonyl (C=O) groups excluding carboxylic acids is 1. The lowest BCUT2D eigenvalue weighted by molar-refractivity contribution is -0.305. The first kappa shape index (κ1) is 14.4. The maximum atomic E-state index is 12.1. The quantitative estimate of drug-likeness (QED) is 0.692. The number of aliphatic carboxylic acids is 1. The highest BCUT2D eigenvalue weighted by Crippen LogP contribution is 2.32. The topological polar surface area (TPSA) is 83.5 Å². The summed E-state index contributed by atoms with van der Waals surface area (Å²) in [6.07, 6.45) is 1.57. The van der Waals surface area contributed by atoms with Crippen molar-refractivity contribution in [2.24, 2.45) is 0 Å². The Hall–Kier alpha value is -2.56. The van der Waals surface area contributed by atoms with E-state index in [-0.39, 0.29) is 12.8 Å². The zero-order valence-electron chi connectivity index (χ0n) is 12.6. The maximum absolute atomic E-state index is 12.1. The van der Waals surface area contributed by atoms with Gasteiger partial charge < -0.3 is 18.7 Å². The molecule has 0 amide bonds. The van der Waals surface area contributed by atoms with Crippen LogP contribution in [-0.4, -0.2) is 5.97 Å². The zero-order chi connectivity index (χ0) is 16.0. The number of hydrogen-bond acceptors (Lipinski definition) is 5. The van der Waals surface area contributed by atoms with Crippen LogP contribution in [0.3, 0.4) is 0 Å². The van der Waals surface area contributed by atoms with E-state index in [1.165, 1.54) is 0 Å². The summed E-state index contributed by atoms with van der Waals surface area (Å²) in [5.74, 6) is -1.18. The second-order valence-corrected chi connectivity index (χ2v) is 5.54. The van der Waals surface area contributed by atoms with Gasteiger partial charge in [-0.25, -0.2) is 4.79 Å². The van der Waals surface area contributed by atoms with E-state index in [0.29, 0.717) is 16.7 Å². The third kappa shape index (κ3) is 2.09. The average molecular weight is 299 g/mol. The Bertz CT molecular complexity index is 959. The number of hydrogen-bond donors (Lipinski definition) is 0. The van der Waals surface area contributed by atoms with Crippen molar-refractivity contribution in [2.45, 2.75) is 33.6 Å². The van der Waals surface area contributed by atoms with Gasteiger partial charge in [0.1, 0.15) is 11.2 Å². The first-order valence-corrected chi connectivity index (χ1v) is 7.03. The monoisotopic (exact) mass is 299 g/mol. The second kappa shape index (κ2) is 5.02. The summed E-state index contributed by atoms with van der Waals surface area (Å²) in [7, 11) is 0. The summed E-state index contributed by atoms with van der Waals surface area (Å²) in [4.78, 5) is 22.8. The van der Waals surface area contributed by atoms with Gasteiger partial charge in [0.2, 0.25) is 0 Å². The lowest BCUT2D eigenvalue weighted by Gasteiger charge is -2.10. The summed E-state index contributed by atoms with van der Waals surface area (Å²) in [5.41, 5.74) is 3.59. The van der Waals surface area contributed by atoms with Gasteiger partial charge in [-0.15, -0.1) is 0 Å². The minimum Gasteiger partial charge on any atom is -0.550 e. The van der Waals surface area contributed by atoms with Crippen molar-refractivity contribution in [2.75, 3.05) is 0 Å². The van der Waals surface area contributed by atoms with Gasteiger partial charge in [-0.2, -0.15) is 0 Å². The molecule has 0 saturated carbocycles. The molecule has 0 unspecified atom stereocenters. The van der Waals surface area contributed by atoms with Crippen LogP contribution in [0.4, 0.5) is 0 Å². The number of benzene rings is 1. The Kier molecular flexibility index (Phi) is 3.28. The number of carboxylic acid groups (broad SMARTS) is 1. The fourth-order valence-electron chi connectivity index (χ4n) is 2.83. The molecule has 3 rings (SSSR count). The van der Waals surface area contributed by atoms with Crippen molar-refractivity contribution in [3.63, 3.8) is 0 Å². The van der Waals surface area contributed by atoms with Gasteiger partial charge >= 0.3 is 5.63 Å². The van der Waals surface area contributed by atoms with E-state index in [4.69, 9.17) is 8.83 Å². The van der Waals surface area contributed by atoms with Crippen LogP contribution < -0.4 is 10.7 Å². The van der Waals surface area contributed by atoms with Crippen LogP contribution in [-0.2, 0) is 11.2 Å². The van der Waals surface area contributed by atoms with Gasteiger partial charge in [0.05, 0.1) is 6.26 Å². The minimum atomic E-state index is -1.18. The summed E-state index contributed by atoms with van der Waals surface area (Å²) in [6.45, 7) is 5.60. The summed E-state index contributed by atoms with van der Waals surface area (Å²) in [6, 6.07) is 1.93. The highest BCUT2D eigenvalue weighted by Gasteiger charge is 2.17. The molecule has 2 heterocycles. The van der Waals surface area contributed by atoms with Crippen LogP contribution in [0.15, 0.2) is 26.0 Å². The van der Waals surface area contributed by atoms with E-state index in [1.807, 2.05) is 26.8 Å². The van der Waals surface area contributed by atoms with Crippen LogP contribution in [0.1, 0.15) is 28.7 Å². The van der Waals surface area contributed by atoms with Gasteiger partial charge in [0, 0.05) is 27.9 Å². The SMILES string of the molecule is Cc1coc2c(C)c3oc(=O)c(CCC(=O)[O-])c(C)c3cc12. The molecule has 1 aromatic carbocycles. The highest BCUT2D eigenvalue weighted by atomic mass is 16.4. The normalized spacial score (nSPS) is 11.4. The summed E-state index contributed by atoms with van der Waals surface area (Å²) >= 11 is 0. The molecular formula is C17H15O5-. The van der Waals surface area contributed by atoms with Crippen LogP contribution >= 0.6 is 0 Å². The number of aryl methyl sites for hydroxylation is 3. The third-order valence-corrected chi connectivity index (χ3v) is 4.11. The van der Waals surface area contributed by atoms with E-state index >= 15 is 0 Å². The Labute approximate surface area is 126 Å². The van der Waals surface area contributed by atoms with E-state index in [2.05, 4.69) is 0 Å². The molecule has 0 aliphatic carbocycles. The molecule has 0 aliphatic heterocycles. The van der Waals surface area contributed by atoms with Crippen LogP contribution in [0.5, 0.6) is 0 Å². The first-order valence-electron chi connectivity index (χ1n) is 7.03. The standard InChI is InChI=1S/C17H16O5/c1-8-7-21-15-10(3)16-13(6-12(8)15)9(2)11(17(20)22-16)4-5-14(18)19/h6-7H,4-5H2,1-3H3,(H,18,19)/p-1. The highest BCUT2D eigenvalue weighted by molar-refractivity contribution is 5.99. The molecule has 0 fully saturated rings. The van der Waals surface area contributed by atoms with Crippen LogP contribution in [0.25, 0.3) is 21.9 Å². The fraction of sp³-hybridized carbons (Fsp3) is 0.294. The number of carbonyl (C=O) groups is 1. The molecule has 0 saturated heterocycles. The van der Waals surface area contributed by atoms with Crippen molar-refractivity contribution in [1.82, 2.24) is 0 Å². The Morgan fingerprint density at radius 2 is 1.86 bits per heavy atom. The lowest BCUT2D eigenvalue weighted by Crippen LogP contribution is -2.24. The van der Waals surface area contributed by atoms with Crippen molar-refractivity contribution >= 4 is 27.9 Å². The molecule has 0 bridgehead atoms. The number of furan rings is 1. The molecule has 22 heavy (non-hydrogen) atoms. The van der Waals surface area contributed by atoms with Crippen molar-refractivity contribution in [3.8, 4) is 0 Å². The van der Waals surface area contributed by atoms with Gasteiger partial charge in [-0.3, -0.25) is 0 Å². The summed E-state index contributed by atoms with van der Waals surface area (Å²) < 4.78 is 11.0. The van der Waals surface area contributed by atoms with E-state index in [0.717, 1.165) is 27.5 Å². The Morgan fingerprint density at radius 3 is 2.55 bits per heavy atom. The third-order valence-electron chi connectivity index (χ3n) is 4.11. The molecular weight excluding hydrogens is 284 g/mol. The first-order chi connectivity index (χ1) is 10.4. The van der Waals surface area contributed by atoms with E-state index < -0.39 is 11.6 Å². The number of carboxylic acids is 1. The van der Waals surface area contributed by atoms with Gasteiger partial charge in [-0.1, -0.05) is 0 Å². The fourth-order valence-corrected chi connectivity index (χ4v) is 2.83. The van der Waals surface area contributed by atoms with Gasteiger partial charge in [-0.05, 0) is 50.8 Å². The largest absolute Gasteiger partial charge is 0.550 e. The number of rotatable bonds is 3. The molecule has 3 aromatic rings. The molecule has 0 aliphatic rings. The van der Waals surface area contributed by atoms with E-state index in [1.54, 1.807) is 6.26 Å². The smallest absolute Gasteiger partial charge is 0.339 e. The van der Waals surface area contributed by atoms with Crippen molar-refractivity contribution in [1.29, 1.82) is 0 Å². The lowest BCUT2D eigenvalue weighted by atomic mass is 9.98. The predicted molar refractivity (Wildman–Crippen MR) is 79.8 cm³/mol. The molecule has 114 valence electrons. The molecule has 0 radical (unpaired) electrons. The van der Waals surface area contributed by atoms with Crippen LogP contribution in [0, 0.1) is 20.8 Å². The summed E-state index contributed by atoms with van der Waals surface area (Å²) in [5, 5.41) is 12.4. The Balaban J connectivity index is 2.34. The van der Waals surface area contributed by atoms with E-state index in [9.17, 15) is 14.7 Å². The van der Waals surface area contributed by atoms with Crippen molar-refractivity contribution < 1.29 is 18.7 Å². The average Bonchev–Trinajstić information content (AvgIpc) is 2.82. The van der Waals surface area contributed by atoms with Gasteiger partial charge in [0.15, 0.2) is 0 Å². The molecule has 5 nitrogen and oxygen atoms in total. The molecule has 0 atom stereocenters. The van der Waals surface area contributed by atoms with Gasteiger partial charge in [0.25, 0.3) is 0 Å². The second-order valence-electron chi connectivity index (χ2n) is 5.54. The Morgan fingerprint density at radius 1 is 1.14 bits per heavy atom.